The number of carbonyl (C=O) groups excluding carboxylic acids is 1. The highest BCUT2D eigenvalue weighted by Crippen LogP contribution is 2.32. The van der Waals surface area contributed by atoms with Crippen LogP contribution in [0.25, 0.3) is 10.9 Å². The highest BCUT2D eigenvalue weighted by molar-refractivity contribution is 6.07. The zero-order valence-corrected chi connectivity index (χ0v) is 13.0. The predicted molar refractivity (Wildman–Crippen MR) is 94.2 cm³/mol. The summed E-state index contributed by atoms with van der Waals surface area (Å²) in [5.41, 5.74) is 13.0. The average Bonchev–Trinajstić information content (AvgIpc) is 3.02. The SMILES string of the molecule is CN=C(N)NC(=O)c1cc2cccc(Oc3ccccc3N)c2[nH]1. The smallest absolute Gasteiger partial charge is 0.274 e. The molecule has 0 bridgehead atoms. The van der Waals surface area contributed by atoms with Crippen LogP contribution in [0.4, 0.5) is 5.69 Å². The third kappa shape index (κ3) is 3.00. The number of hydrogen-bond donors (Lipinski definition) is 4. The predicted octanol–water partition coefficient (Wildman–Crippen LogP) is 2.22. The summed E-state index contributed by atoms with van der Waals surface area (Å²) in [6, 6.07) is 14.4. The van der Waals surface area contributed by atoms with Crippen LogP contribution in [0.15, 0.2) is 53.5 Å². The number of carbonyl (C=O) groups is 1. The maximum atomic E-state index is 12.1. The summed E-state index contributed by atoms with van der Waals surface area (Å²) in [7, 11) is 1.50. The van der Waals surface area contributed by atoms with E-state index in [1.165, 1.54) is 7.05 Å². The van der Waals surface area contributed by atoms with Crippen molar-refractivity contribution in [2.75, 3.05) is 12.8 Å². The summed E-state index contributed by atoms with van der Waals surface area (Å²) < 4.78 is 5.88. The lowest BCUT2D eigenvalue weighted by Crippen LogP contribution is -2.36. The van der Waals surface area contributed by atoms with Crippen LogP contribution in [0.2, 0.25) is 0 Å². The second-order valence-corrected chi connectivity index (χ2v) is 5.11. The first-order valence-electron chi connectivity index (χ1n) is 7.26. The number of nitrogens with zero attached hydrogens (tertiary/aromatic N) is 1. The van der Waals surface area contributed by atoms with Gasteiger partial charge >= 0.3 is 0 Å². The molecular formula is C17H17N5O2. The number of nitrogens with two attached hydrogens (primary N) is 2. The molecule has 1 amide bonds. The van der Waals surface area contributed by atoms with Gasteiger partial charge in [-0.15, -0.1) is 0 Å². The van der Waals surface area contributed by atoms with Crippen molar-refractivity contribution in [3.8, 4) is 11.5 Å². The molecule has 0 aliphatic carbocycles. The molecule has 24 heavy (non-hydrogen) atoms. The minimum Gasteiger partial charge on any atom is -0.453 e. The Morgan fingerprint density at radius 1 is 1.17 bits per heavy atom. The number of aliphatic imine (C=N–C) groups is 1. The number of nitrogens with one attached hydrogen (secondary N) is 2. The lowest BCUT2D eigenvalue weighted by Gasteiger charge is -2.09. The number of ether oxygens (including phenoxy) is 1. The molecule has 0 aliphatic heterocycles. The number of H-pyrrole nitrogens is 1. The normalized spacial score (nSPS) is 11.5. The van der Waals surface area contributed by atoms with E-state index in [9.17, 15) is 4.79 Å². The van der Waals surface area contributed by atoms with Crippen LogP contribution in [0.5, 0.6) is 11.5 Å². The Balaban J connectivity index is 1.96. The number of benzene rings is 2. The minimum absolute atomic E-state index is 0.0483. The molecule has 0 saturated heterocycles. The maximum Gasteiger partial charge on any atom is 0.274 e. The Morgan fingerprint density at radius 3 is 2.67 bits per heavy atom. The van der Waals surface area contributed by atoms with Gasteiger partial charge in [0.1, 0.15) is 11.4 Å². The number of aromatic amines is 1. The molecule has 2 aromatic carbocycles. The Labute approximate surface area is 138 Å². The number of aromatic nitrogens is 1. The molecule has 0 atom stereocenters. The van der Waals surface area contributed by atoms with Crippen molar-refractivity contribution in [2.24, 2.45) is 10.7 Å². The number of fused-ring (bicyclic) bond motifs is 1. The van der Waals surface area contributed by atoms with Gasteiger partial charge < -0.3 is 21.2 Å². The van der Waals surface area contributed by atoms with Gasteiger partial charge in [-0.25, -0.2) is 0 Å². The molecule has 0 radical (unpaired) electrons. The largest absolute Gasteiger partial charge is 0.453 e. The third-order valence-electron chi connectivity index (χ3n) is 3.48. The zero-order chi connectivity index (χ0) is 17.1. The van der Waals surface area contributed by atoms with Crippen molar-refractivity contribution in [1.82, 2.24) is 10.3 Å². The summed E-state index contributed by atoms with van der Waals surface area (Å²) in [5.74, 6) is 0.793. The second-order valence-electron chi connectivity index (χ2n) is 5.11. The zero-order valence-electron chi connectivity index (χ0n) is 13.0. The summed E-state index contributed by atoms with van der Waals surface area (Å²) in [4.78, 5) is 18.9. The maximum absolute atomic E-state index is 12.1. The summed E-state index contributed by atoms with van der Waals surface area (Å²) >= 11 is 0. The summed E-state index contributed by atoms with van der Waals surface area (Å²) in [5, 5.41) is 3.31. The average molecular weight is 323 g/mol. The molecule has 1 heterocycles. The Bertz CT molecular complexity index is 930. The molecular weight excluding hydrogens is 306 g/mol. The quantitative estimate of drug-likeness (QED) is 0.336. The van der Waals surface area contributed by atoms with Crippen molar-refractivity contribution in [2.45, 2.75) is 0 Å². The Hall–Kier alpha value is -3.48. The van der Waals surface area contributed by atoms with Gasteiger partial charge in [-0.2, -0.15) is 0 Å². The van der Waals surface area contributed by atoms with Gasteiger partial charge in [0.15, 0.2) is 11.7 Å². The molecule has 3 rings (SSSR count). The van der Waals surface area contributed by atoms with Gasteiger partial charge in [0.05, 0.1) is 11.2 Å². The Morgan fingerprint density at radius 2 is 1.92 bits per heavy atom. The van der Waals surface area contributed by atoms with E-state index in [0.29, 0.717) is 28.4 Å². The van der Waals surface area contributed by atoms with E-state index >= 15 is 0 Å². The number of guanidine groups is 1. The van der Waals surface area contributed by atoms with E-state index in [4.69, 9.17) is 16.2 Å². The number of para-hydroxylation sites is 3. The first-order chi connectivity index (χ1) is 11.6. The van der Waals surface area contributed by atoms with Crippen LogP contribution in [-0.4, -0.2) is 23.9 Å². The first kappa shape index (κ1) is 15.4. The summed E-state index contributed by atoms with van der Waals surface area (Å²) in [6.45, 7) is 0. The third-order valence-corrected chi connectivity index (χ3v) is 3.48. The molecule has 122 valence electrons. The van der Waals surface area contributed by atoms with E-state index in [1.807, 2.05) is 24.3 Å². The van der Waals surface area contributed by atoms with Gasteiger partial charge in [-0.1, -0.05) is 24.3 Å². The van der Waals surface area contributed by atoms with E-state index < -0.39 is 0 Å². The summed E-state index contributed by atoms with van der Waals surface area (Å²) in [6.07, 6.45) is 0. The van der Waals surface area contributed by atoms with E-state index in [-0.39, 0.29) is 11.9 Å². The van der Waals surface area contributed by atoms with E-state index in [1.54, 1.807) is 24.3 Å². The fraction of sp³-hybridized carbons (Fsp3) is 0.0588. The second kappa shape index (κ2) is 6.33. The molecule has 7 heteroatoms. The van der Waals surface area contributed by atoms with Crippen LogP contribution >= 0.6 is 0 Å². The standard InChI is InChI=1S/C17H17N5O2/c1-20-17(19)22-16(23)12-9-10-5-4-8-14(15(10)21-12)24-13-7-3-2-6-11(13)18/h2-9,21H,18H2,1H3,(H3,19,20,22,23). The number of rotatable bonds is 3. The molecule has 0 unspecified atom stereocenters. The topological polar surface area (TPSA) is 119 Å². The van der Waals surface area contributed by atoms with Crippen LogP contribution in [0.1, 0.15) is 10.5 Å². The molecule has 0 fully saturated rings. The van der Waals surface area contributed by atoms with Crippen molar-refractivity contribution >= 4 is 28.5 Å². The molecule has 0 aliphatic rings. The number of anilines is 1. The number of hydrogen-bond acceptors (Lipinski definition) is 4. The first-order valence-corrected chi connectivity index (χ1v) is 7.26. The lowest BCUT2D eigenvalue weighted by atomic mass is 10.2. The highest BCUT2D eigenvalue weighted by atomic mass is 16.5. The molecule has 7 nitrogen and oxygen atoms in total. The Kier molecular flexibility index (Phi) is 4.07. The van der Waals surface area contributed by atoms with E-state index in [0.717, 1.165) is 5.39 Å². The van der Waals surface area contributed by atoms with Gasteiger partial charge in [-0.3, -0.25) is 15.1 Å². The van der Waals surface area contributed by atoms with Gasteiger partial charge in [0.2, 0.25) is 0 Å². The van der Waals surface area contributed by atoms with Gasteiger partial charge in [0.25, 0.3) is 5.91 Å². The number of nitrogen functional groups attached to an aromatic ring is 1. The van der Waals surface area contributed by atoms with Crippen molar-refractivity contribution < 1.29 is 9.53 Å². The molecule has 3 aromatic rings. The fourth-order valence-electron chi connectivity index (χ4n) is 2.27. The van der Waals surface area contributed by atoms with Crippen LogP contribution in [0.3, 0.4) is 0 Å². The van der Waals surface area contributed by atoms with Crippen molar-refractivity contribution in [3.05, 3.63) is 54.2 Å². The highest BCUT2D eigenvalue weighted by Gasteiger charge is 2.13. The fourth-order valence-corrected chi connectivity index (χ4v) is 2.27. The van der Waals surface area contributed by atoms with Crippen LogP contribution < -0.4 is 21.5 Å². The van der Waals surface area contributed by atoms with E-state index in [2.05, 4.69) is 15.3 Å². The molecule has 1 aromatic heterocycles. The monoisotopic (exact) mass is 323 g/mol. The molecule has 0 spiro atoms. The number of amides is 1. The van der Waals surface area contributed by atoms with Gasteiger partial charge in [0, 0.05) is 12.4 Å². The minimum atomic E-state index is -0.375. The van der Waals surface area contributed by atoms with Crippen molar-refractivity contribution in [3.63, 3.8) is 0 Å². The molecule has 0 saturated carbocycles. The van der Waals surface area contributed by atoms with Crippen LogP contribution in [-0.2, 0) is 0 Å². The van der Waals surface area contributed by atoms with Gasteiger partial charge in [-0.05, 0) is 24.3 Å². The van der Waals surface area contributed by atoms with Crippen LogP contribution in [0, 0.1) is 0 Å². The lowest BCUT2D eigenvalue weighted by molar-refractivity contribution is 0.0972. The molecule has 6 N–H and O–H groups in total. The van der Waals surface area contributed by atoms with Crippen molar-refractivity contribution in [1.29, 1.82) is 0 Å².